The molecule has 0 aliphatic heterocycles. The Hall–Kier alpha value is -2.44. The third-order valence-electron chi connectivity index (χ3n) is 9.91. The minimum absolute atomic E-state index is 0.0464. The second-order valence-electron chi connectivity index (χ2n) is 15.2. The van der Waals surface area contributed by atoms with Crippen LogP contribution >= 0.6 is 0 Å². The molecule has 3 unspecified atom stereocenters. The highest BCUT2D eigenvalue weighted by atomic mass is 16.5. The Balaban J connectivity index is 4.68. The molecule has 0 bridgehead atoms. The van der Waals surface area contributed by atoms with E-state index in [0.29, 0.717) is 19.3 Å². The van der Waals surface area contributed by atoms with E-state index in [1.165, 1.54) is 77.0 Å². The topological polar surface area (TPSA) is 95.9 Å². The molecule has 0 heterocycles. The molecule has 312 valence electrons. The lowest BCUT2D eigenvalue weighted by Gasteiger charge is -2.24. The molecule has 3 N–H and O–H groups in total. The first-order chi connectivity index (χ1) is 26.5. The molecule has 0 fully saturated rings. The number of hydrogen-bond acceptors (Lipinski definition) is 5. The fourth-order valence-corrected chi connectivity index (χ4v) is 6.50. The highest BCUT2D eigenvalue weighted by Gasteiger charge is 2.24. The van der Waals surface area contributed by atoms with E-state index in [9.17, 15) is 19.8 Å². The molecule has 0 saturated heterocycles. The molecule has 0 aromatic rings. The normalized spacial score (nSPS) is 13.9. The molecule has 0 spiro atoms. The molecular weight excluding hydrogens is 671 g/mol. The van der Waals surface area contributed by atoms with Crippen molar-refractivity contribution in [3.8, 4) is 0 Å². The van der Waals surface area contributed by atoms with Gasteiger partial charge in [0.1, 0.15) is 6.10 Å². The van der Waals surface area contributed by atoms with Crippen LogP contribution in [0.2, 0.25) is 0 Å². The first kappa shape index (κ1) is 51.6. The van der Waals surface area contributed by atoms with Crippen LogP contribution < -0.4 is 5.32 Å². The van der Waals surface area contributed by atoms with E-state index in [4.69, 9.17) is 4.74 Å². The van der Waals surface area contributed by atoms with Gasteiger partial charge in [-0.15, -0.1) is 0 Å². The zero-order valence-corrected chi connectivity index (χ0v) is 35.3. The number of nitrogens with one attached hydrogen (secondary N) is 1. The van der Waals surface area contributed by atoms with Crippen LogP contribution in [0.25, 0.3) is 0 Å². The number of amides is 1. The molecule has 1 amide bonds. The lowest BCUT2D eigenvalue weighted by Crippen LogP contribution is -2.46. The number of unbranched alkanes of at least 4 members (excludes halogenated alkanes) is 20. The summed E-state index contributed by atoms with van der Waals surface area (Å²) in [6.07, 6.45) is 49.9. The Labute approximate surface area is 333 Å². The maximum Gasteiger partial charge on any atom is 0.306 e. The predicted molar refractivity (Wildman–Crippen MR) is 232 cm³/mol. The van der Waals surface area contributed by atoms with Crippen LogP contribution in [0.1, 0.15) is 207 Å². The van der Waals surface area contributed by atoms with Gasteiger partial charge in [0.2, 0.25) is 5.91 Å². The third-order valence-corrected chi connectivity index (χ3v) is 9.91. The molecule has 0 aromatic carbocycles. The molecule has 6 nitrogen and oxygen atoms in total. The van der Waals surface area contributed by atoms with Crippen LogP contribution in [-0.2, 0) is 14.3 Å². The molecule has 0 aliphatic carbocycles. The van der Waals surface area contributed by atoms with E-state index in [-0.39, 0.29) is 24.9 Å². The summed E-state index contributed by atoms with van der Waals surface area (Å²) in [6, 6.07) is -0.715. The average molecular weight is 756 g/mol. The number of aliphatic hydroxyl groups is 2. The van der Waals surface area contributed by atoms with E-state index in [1.54, 1.807) is 0 Å². The SMILES string of the molecule is CC/C=C/C=C/C=C/C=C\CCCCCC(CC(=O)NC(CO)C(O)CCCCCCCCCCCCCC)OC(=O)CCCCCCC/C=C\CCC. The number of carbonyl (C=O) groups excluding carboxylic acids is 2. The Kier molecular flexibility index (Phi) is 39.8. The fraction of sp³-hybridized carbons (Fsp3) is 0.750. The molecular formula is C48H85NO5. The molecule has 0 saturated carbocycles. The smallest absolute Gasteiger partial charge is 0.306 e. The van der Waals surface area contributed by atoms with E-state index in [0.717, 1.165) is 83.5 Å². The van der Waals surface area contributed by atoms with Gasteiger partial charge in [0.15, 0.2) is 0 Å². The van der Waals surface area contributed by atoms with Crippen LogP contribution in [0.3, 0.4) is 0 Å². The van der Waals surface area contributed by atoms with Crippen LogP contribution in [-0.4, -0.2) is 46.9 Å². The fourth-order valence-electron chi connectivity index (χ4n) is 6.50. The molecule has 6 heteroatoms. The van der Waals surface area contributed by atoms with Gasteiger partial charge in [0.25, 0.3) is 0 Å². The molecule has 0 radical (unpaired) electrons. The summed E-state index contributed by atoms with van der Waals surface area (Å²) in [5.74, 6) is -0.530. The lowest BCUT2D eigenvalue weighted by molar-refractivity contribution is -0.151. The molecule has 0 aromatic heterocycles. The Morgan fingerprint density at radius 1 is 0.556 bits per heavy atom. The van der Waals surface area contributed by atoms with Crippen molar-refractivity contribution in [1.82, 2.24) is 5.32 Å². The Morgan fingerprint density at radius 3 is 1.67 bits per heavy atom. The summed E-state index contributed by atoms with van der Waals surface area (Å²) in [7, 11) is 0. The number of hydrogen-bond donors (Lipinski definition) is 3. The summed E-state index contributed by atoms with van der Waals surface area (Å²) >= 11 is 0. The number of esters is 1. The molecule has 0 rings (SSSR count). The van der Waals surface area contributed by atoms with Gasteiger partial charge in [-0.3, -0.25) is 9.59 Å². The van der Waals surface area contributed by atoms with E-state index >= 15 is 0 Å². The number of allylic oxidation sites excluding steroid dienone is 10. The first-order valence-corrected chi connectivity index (χ1v) is 22.6. The number of ether oxygens (including phenoxy) is 1. The molecule has 3 atom stereocenters. The number of rotatable bonds is 39. The largest absolute Gasteiger partial charge is 0.462 e. The van der Waals surface area contributed by atoms with Crippen molar-refractivity contribution in [2.24, 2.45) is 0 Å². The third kappa shape index (κ3) is 36.5. The quantitative estimate of drug-likeness (QED) is 0.0251. The van der Waals surface area contributed by atoms with E-state index in [2.05, 4.69) is 56.5 Å². The number of aliphatic hydroxyl groups excluding tert-OH is 2. The zero-order valence-electron chi connectivity index (χ0n) is 35.3. The average Bonchev–Trinajstić information content (AvgIpc) is 3.16. The van der Waals surface area contributed by atoms with Gasteiger partial charge >= 0.3 is 5.97 Å². The van der Waals surface area contributed by atoms with E-state index < -0.39 is 18.2 Å². The van der Waals surface area contributed by atoms with Crippen molar-refractivity contribution < 1.29 is 24.5 Å². The van der Waals surface area contributed by atoms with E-state index in [1.807, 2.05) is 30.4 Å². The standard InChI is InChI=1S/C48H85NO5/c1-4-7-10-13-16-19-22-24-25-27-30-33-36-39-44(54-48(53)41-38-35-32-29-21-18-15-12-9-6-3)42-47(52)49-45(43-50)46(51)40-37-34-31-28-26-23-20-17-14-11-8-5-2/h7,10,12-13,15-16,19,22,24-25,44-46,50-51H,4-6,8-9,11,14,17-18,20-21,23,26-43H2,1-3H3,(H,49,52)/b10-7+,15-12-,16-13+,22-19+,25-24-. The van der Waals surface area contributed by atoms with Crippen molar-refractivity contribution in [3.63, 3.8) is 0 Å². The van der Waals surface area contributed by atoms with Crippen molar-refractivity contribution in [2.45, 2.75) is 225 Å². The molecule has 0 aliphatic rings. The number of carbonyl (C=O) groups is 2. The Morgan fingerprint density at radius 2 is 1.06 bits per heavy atom. The monoisotopic (exact) mass is 756 g/mol. The maximum atomic E-state index is 13.1. The highest BCUT2D eigenvalue weighted by molar-refractivity contribution is 5.77. The summed E-state index contributed by atoms with van der Waals surface area (Å²) in [4.78, 5) is 25.9. The maximum absolute atomic E-state index is 13.1. The molecule has 54 heavy (non-hydrogen) atoms. The van der Waals surface area contributed by atoms with Gasteiger partial charge in [-0.25, -0.2) is 0 Å². The highest BCUT2D eigenvalue weighted by Crippen LogP contribution is 2.17. The van der Waals surface area contributed by atoms with Gasteiger partial charge < -0.3 is 20.3 Å². The van der Waals surface area contributed by atoms with Gasteiger partial charge in [0.05, 0.1) is 25.2 Å². The lowest BCUT2D eigenvalue weighted by atomic mass is 10.0. The summed E-state index contributed by atoms with van der Waals surface area (Å²) < 4.78 is 5.87. The van der Waals surface area contributed by atoms with Crippen molar-refractivity contribution in [3.05, 3.63) is 60.8 Å². The van der Waals surface area contributed by atoms with Crippen molar-refractivity contribution in [1.29, 1.82) is 0 Å². The van der Waals surface area contributed by atoms with Gasteiger partial charge in [-0.05, 0) is 64.2 Å². The Bertz CT molecular complexity index is 984. The van der Waals surface area contributed by atoms with Gasteiger partial charge in [-0.2, -0.15) is 0 Å². The van der Waals surface area contributed by atoms with Crippen LogP contribution in [0.15, 0.2) is 60.8 Å². The minimum atomic E-state index is -0.799. The van der Waals surface area contributed by atoms with Gasteiger partial charge in [-0.1, -0.05) is 191 Å². The predicted octanol–water partition coefficient (Wildman–Crippen LogP) is 12.9. The second kappa shape index (κ2) is 41.7. The van der Waals surface area contributed by atoms with Crippen molar-refractivity contribution >= 4 is 11.9 Å². The second-order valence-corrected chi connectivity index (χ2v) is 15.2. The van der Waals surface area contributed by atoms with Crippen molar-refractivity contribution in [2.75, 3.05) is 6.61 Å². The van der Waals surface area contributed by atoms with Crippen LogP contribution in [0, 0.1) is 0 Å². The summed E-state index contributed by atoms with van der Waals surface area (Å²) in [5, 5.41) is 23.6. The van der Waals surface area contributed by atoms with Crippen LogP contribution in [0.5, 0.6) is 0 Å². The van der Waals surface area contributed by atoms with Gasteiger partial charge in [0, 0.05) is 6.42 Å². The summed E-state index contributed by atoms with van der Waals surface area (Å²) in [5.41, 5.74) is 0. The first-order valence-electron chi connectivity index (χ1n) is 22.6. The van der Waals surface area contributed by atoms with Crippen LogP contribution in [0.4, 0.5) is 0 Å². The summed E-state index contributed by atoms with van der Waals surface area (Å²) in [6.45, 7) is 6.25. The minimum Gasteiger partial charge on any atom is -0.462 e. The zero-order chi connectivity index (χ0) is 39.6.